The molecule has 2 amide bonds. The molecule has 0 heterocycles. The van der Waals surface area contributed by atoms with Crippen molar-refractivity contribution in [2.24, 2.45) is 0 Å². The van der Waals surface area contributed by atoms with Crippen molar-refractivity contribution in [3.63, 3.8) is 0 Å². The molecule has 2 rings (SSSR count). The monoisotopic (exact) mass is 371 g/mol. The van der Waals surface area contributed by atoms with Crippen molar-refractivity contribution >= 4 is 23.4 Å². The first-order chi connectivity index (χ1) is 12.9. The summed E-state index contributed by atoms with van der Waals surface area (Å²) in [5.74, 6) is -0.385. The Morgan fingerprint density at radius 1 is 1.19 bits per heavy atom. The minimum Gasteiger partial charge on any atom is -0.450 e. The summed E-state index contributed by atoms with van der Waals surface area (Å²) in [7, 11) is 0. The highest BCUT2D eigenvalue weighted by Gasteiger charge is 2.20. The van der Waals surface area contributed by atoms with Gasteiger partial charge in [-0.05, 0) is 25.0 Å². The van der Waals surface area contributed by atoms with Gasteiger partial charge in [-0.15, -0.1) is 0 Å². The van der Waals surface area contributed by atoms with Gasteiger partial charge in [0, 0.05) is 12.1 Å². The van der Waals surface area contributed by atoms with Crippen molar-refractivity contribution in [1.29, 1.82) is 0 Å². The van der Waals surface area contributed by atoms with E-state index in [-0.39, 0.29) is 24.6 Å². The second-order valence-corrected chi connectivity index (χ2v) is 5.84. The number of carbonyl (C=O) groups excluding carboxylic acids is 2. The smallest absolute Gasteiger partial charge is 0.407 e. The van der Waals surface area contributed by atoms with Crippen LogP contribution in [0.4, 0.5) is 16.2 Å². The molecular weight excluding hydrogens is 350 g/mol. The number of nitrogens with one attached hydrogen (secondary N) is 2. The first kappa shape index (κ1) is 19.9. The van der Waals surface area contributed by atoms with E-state index in [2.05, 4.69) is 10.6 Å². The van der Waals surface area contributed by atoms with E-state index in [9.17, 15) is 19.7 Å². The van der Waals surface area contributed by atoms with E-state index in [1.165, 1.54) is 12.1 Å². The van der Waals surface area contributed by atoms with Crippen molar-refractivity contribution in [2.45, 2.75) is 26.3 Å². The second kappa shape index (κ2) is 9.33. The molecule has 0 aliphatic carbocycles. The summed E-state index contributed by atoms with van der Waals surface area (Å²) < 4.78 is 4.90. The quantitative estimate of drug-likeness (QED) is 0.569. The fourth-order valence-corrected chi connectivity index (χ4v) is 2.50. The zero-order valence-electron chi connectivity index (χ0n) is 15.1. The number of hydrogen-bond donors (Lipinski definition) is 2. The summed E-state index contributed by atoms with van der Waals surface area (Å²) in [6.45, 7) is 3.65. The lowest BCUT2D eigenvalue weighted by Crippen LogP contribution is -2.32. The fourth-order valence-electron chi connectivity index (χ4n) is 2.50. The molecule has 2 aromatic carbocycles. The van der Waals surface area contributed by atoms with Crippen LogP contribution in [0, 0.1) is 17.0 Å². The molecule has 0 aliphatic heterocycles. The Hall–Kier alpha value is -3.42. The van der Waals surface area contributed by atoms with Crippen LogP contribution < -0.4 is 10.6 Å². The van der Waals surface area contributed by atoms with Crippen LogP contribution in [-0.4, -0.2) is 23.5 Å². The number of nitro groups is 1. The number of rotatable bonds is 7. The summed E-state index contributed by atoms with van der Waals surface area (Å²) in [6.07, 6.45) is -0.670. The van der Waals surface area contributed by atoms with Gasteiger partial charge >= 0.3 is 6.09 Å². The Labute approximate surface area is 156 Å². The normalized spacial score (nSPS) is 11.3. The van der Waals surface area contributed by atoms with Crippen LogP contribution in [0.1, 0.15) is 30.5 Å². The Balaban J connectivity index is 2.15. The highest BCUT2D eigenvalue weighted by atomic mass is 16.6. The highest BCUT2D eigenvalue weighted by Crippen LogP contribution is 2.23. The van der Waals surface area contributed by atoms with Crippen molar-refractivity contribution in [1.82, 2.24) is 5.32 Å². The predicted molar refractivity (Wildman–Crippen MR) is 100 cm³/mol. The molecule has 2 aromatic rings. The number of alkyl carbamates (subject to hydrolysis) is 1. The molecule has 2 N–H and O–H groups in total. The molecule has 0 spiro atoms. The van der Waals surface area contributed by atoms with E-state index in [1.54, 1.807) is 44.2 Å². The molecule has 0 saturated carbocycles. The van der Waals surface area contributed by atoms with Crippen LogP contribution in [-0.2, 0) is 9.53 Å². The summed E-state index contributed by atoms with van der Waals surface area (Å²) >= 11 is 0. The lowest BCUT2D eigenvalue weighted by molar-refractivity contribution is -0.384. The molecule has 0 aliphatic rings. The largest absolute Gasteiger partial charge is 0.450 e. The van der Waals surface area contributed by atoms with Crippen molar-refractivity contribution < 1.29 is 19.2 Å². The average molecular weight is 371 g/mol. The van der Waals surface area contributed by atoms with E-state index >= 15 is 0 Å². The van der Waals surface area contributed by atoms with Gasteiger partial charge in [-0.3, -0.25) is 14.9 Å². The molecule has 8 heteroatoms. The van der Waals surface area contributed by atoms with Gasteiger partial charge in [0.1, 0.15) is 0 Å². The molecule has 0 fully saturated rings. The fraction of sp³-hybridized carbons (Fsp3) is 0.263. The number of non-ortho nitro benzene ring substituents is 1. The van der Waals surface area contributed by atoms with Crippen LogP contribution >= 0.6 is 0 Å². The zero-order chi connectivity index (χ0) is 19.8. The number of carbonyl (C=O) groups is 2. The van der Waals surface area contributed by atoms with Gasteiger partial charge in [-0.2, -0.15) is 0 Å². The van der Waals surface area contributed by atoms with Crippen LogP contribution in [0.15, 0.2) is 48.5 Å². The summed E-state index contributed by atoms with van der Waals surface area (Å²) in [6, 6.07) is 12.7. The number of aryl methyl sites for hydroxylation is 1. The molecular formula is C19H21N3O5. The minimum atomic E-state index is -0.620. The standard InChI is InChI=1S/C19H21N3O5/c1-3-27-19(24)21-17(14-7-5-4-6-8-14)12-18(23)20-16-11-15(22(25)26)10-9-13(16)2/h4-11,17H,3,12H2,1-2H3,(H,20,23)(H,21,24)/t17-/m0/s1. The van der Waals surface area contributed by atoms with Gasteiger partial charge < -0.3 is 15.4 Å². The van der Waals surface area contributed by atoms with Crippen LogP contribution in [0.5, 0.6) is 0 Å². The van der Waals surface area contributed by atoms with E-state index < -0.39 is 17.1 Å². The second-order valence-electron chi connectivity index (χ2n) is 5.84. The van der Waals surface area contributed by atoms with Crippen molar-refractivity contribution in [2.75, 3.05) is 11.9 Å². The predicted octanol–water partition coefficient (Wildman–Crippen LogP) is 3.72. The van der Waals surface area contributed by atoms with Gasteiger partial charge in [0.2, 0.25) is 5.91 Å². The zero-order valence-corrected chi connectivity index (χ0v) is 15.1. The maximum absolute atomic E-state index is 12.5. The van der Waals surface area contributed by atoms with Crippen molar-refractivity contribution in [3.05, 3.63) is 69.8 Å². The van der Waals surface area contributed by atoms with E-state index in [0.29, 0.717) is 11.3 Å². The van der Waals surface area contributed by atoms with Gasteiger partial charge in [0.25, 0.3) is 5.69 Å². The van der Waals surface area contributed by atoms with Crippen molar-refractivity contribution in [3.8, 4) is 0 Å². The SMILES string of the molecule is CCOC(=O)N[C@@H](CC(=O)Nc1cc([N+](=O)[O-])ccc1C)c1ccccc1. The maximum atomic E-state index is 12.5. The Morgan fingerprint density at radius 3 is 2.52 bits per heavy atom. The van der Waals surface area contributed by atoms with Gasteiger partial charge in [0.15, 0.2) is 0 Å². The summed E-state index contributed by atoms with van der Waals surface area (Å²) in [4.78, 5) is 34.7. The number of benzene rings is 2. The Morgan fingerprint density at radius 2 is 1.89 bits per heavy atom. The molecule has 8 nitrogen and oxygen atoms in total. The van der Waals surface area contributed by atoms with E-state index in [1.807, 2.05) is 6.07 Å². The van der Waals surface area contributed by atoms with Gasteiger partial charge in [0.05, 0.1) is 29.7 Å². The van der Waals surface area contributed by atoms with Crippen LogP contribution in [0.2, 0.25) is 0 Å². The topological polar surface area (TPSA) is 111 Å². The maximum Gasteiger partial charge on any atom is 0.407 e. The number of amides is 2. The molecule has 27 heavy (non-hydrogen) atoms. The lowest BCUT2D eigenvalue weighted by Gasteiger charge is -2.19. The first-order valence-corrected chi connectivity index (χ1v) is 8.43. The third-order valence-corrected chi connectivity index (χ3v) is 3.87. The molecule has 0 radical (unpaired) electrons. The summed E-state index contributed by atoms with van der Waals surface area (Å²) in [5.41, 5.74) is 1.69. The van der Waals surface area contributed by atoms with Crippen LogP contribution in [0.3, 0.4) is 0 Å². The molecule has 0 unspecified atom stereocenters. The number of nitro benzene ring substituents is 1. The third kappa shape index (κ3) is 5.81. The summed E-state index contributed by atoms with van der Waals surface area (Å²) in [5, 5.41) is 16.3. The lowest BCUT2D eigenvalue weighted by atomic mass is 10.0. The number of anilines is 1. The third-order valence-electron chi connectivity index (χ3n) is 3.87. The van der Waals surface area contributed by atoms with E-state index in [0.717, 1.165) is 5.56 Å². The number of hydrogen-bond acceptors (Lipinski definition) is 5. The van der Waals surface area contributed by atoms with Gasteiger partial charge in [-0.1, -0.05) is 36.4 Å². The highest BCUT2D eigenvalue weighted by molar-refractivity contribution is 5.92. The first-order valence-electron chi connectivity index (χ1n) is 8.43. The molecule has 0 aromatic heterocycles. The van der Waals surface area contributed by atoms with E-state index in [4.69, 9.17) is 4.74 Å². The van der Waals surface area contributed by atoms with Crippen LogP contribution in [0.25, 0.3) is 0 Å². The minimum absolute atomic E-state index is 0.0506. The molecule has 0 bridgehead atoms. The molecule has 1 atom stereocenters. The average Bonchev–Trinajstić information content (AvgIpc) is 2.63. The Kier molecular flexibility index (Phi) is 6.87. The Bertz CT molecular complexity index is 823. The number of nitrogens with zero attached hydrogens (tertiary/aromatic N) is 1. The molecule has 0 saturated heterocycles. The molecule has 142 valence electrons. The number of ether oxygens (including phenoxy) is 1. The van der Waals surface area contributed by atoms with Gasteiger partial charge in [-0.25, -0.2) is 4.79 Å².